The average molecular weight is 373 g/mol. The Hall–Kier alpha value is -2.05. The number of rotatable bonds is 6. The zero-order valence-corrected chi connectivity index (χ0v) is 16.0. The van der Waals surface area contributed by atoms with Gasteiger partial charge in [-0.25, -0.2) is 4.98 Å². The number of thioether (sulfide) groups is 1. The van der Waals surface area contributed by atoms with E-state index < -0.39 is 0 Å². The summed E-state index contributed by atoms with van der Waals surface area (Å²) in [6, 6.07) is 11.3. The number of amides is 1. The summed E-state index contributed by atoms with van der Waals surface area (Å²) in [7, 11) is 0. The number of benzene rings is 1. The number of nitrogens with zero attached hydrogens (tertiary/aromatic N) is 1. The molecule has 0 fully saturated rings. The minimum Gasteiger partial charge on any atom is -0.464 e. The molecule has 1 unspecified atom stereocenters. The third kappa shape index (κ3) is 4.52. The van der Waals surface area contributed by atoms with Crippen molar-refractivity contribution in [3.8, 4) is 0 Å². The number of carbonyl (C=O) groups excluding carboxylic acids is 1. The molecule has 3 aromatic rings. The number of aromatic nitrogens is 1. The molecular formula is C19H20N2O2S2. The van der Waals surface area contributed by atoms with Crippen LogP contribution in [0.2, 0.25) is 0 Å². The molecule has 2 heterocycles. The van der Waals surface area contributed by atoms with E-state index in [4.69, 9.17) is 4.42 Å². The summed E-state index contributed by atoms with van der Waals surface area (Å²) in [5, 5.41) is 5.05. The van der Waals surface area contributed by atoms with Crippen LogP contribution >= 0.6 is 23.1 Å². The number of thiazole rings is 1. The van der Waals surface area contributed by atoms with Gasteiger partial charge < -0.3 is 9.73 Å². The summed E-state index contributed by atoms with van der Waals surface area (Å²) >= 11 is 3.29. The first-order valence-electron chi connectivity index (χ1n) is 8.03. The first kappa shape index (κ1) is 17.8. The second kappa shape index (κ2) is 7.89. The van der Waals surface area contributed by atoms with Crippen molar-refractivity contribution in [2.45, 2.75) is 36.9 Å². The highest BCUT2D eigenvalue weighted by atomic mass is 32.2. The lowest BCUT2D eigenvalue weighted by molar-refractivity contribution is 0.0934. The van der Waals surface area contributed by atoms with Gasteiger partial charge in [-0.3, -0.25) is 4.79 Å². The Labute approximate surface area is 155 Å². The number of furan rings is 1. The van der Waals surface area contributed by atoms with Gasteiger partial charge in [0.1, 0.15) is 15.9 Å². The predicted octanol–water partition coefficient (Wildman–Crippen LogP) is 5.14. The zero-order valence-electron chi connectivity index (χ0n) is 14.4. The number of hydrogen-bond acceptors (Lipinski definition) is 5. The van der Waals surface area contributed by atoms with Crippen molar-refractivity contribution in [2.75, 3.05) is 0 Å². The molecule has 1 atom stereocenters. The maximum absolute atomic E-state index is 12.7. The molecule has 130 valence electrons. The van der Waals surface area contributed by atoms with E-state index in [0.29, 0.717) is 11.3 Å². The molecule has 0 saturated carbocycles. The molecule has 6 heteroatoms. The van der Waals surface area contributed by atoms with Crippen molar-refractivity contribution < 1.29 is 9.21 Å². The Morgan fingerprint density at radius 2 is 2.08 bits per heavy atom. The summed E-state index contributed by atoms with van der Waals surface area (Å²) in [6.45, 7) is 5.80. The minimum atomic E-state index is -0.177. The van der Waals surface area contributed by atoms with Crippen molar-refractivity contribution in [1.29, 1.82) is 0 Å². The van der Waals surface area contributed by atoms with E-state index in [1.807, 2.05) is 62.5 Å². The van der Waals surface area contributed by atoms with Crippen LogP contribution in [0.5, 0.6) is 0 Å². The highest BCUT2D eigenvalue weighted by Crippen LogP contribution is 2.27. The van der Waals surface area contributed by atoms with E-state index in [1.54, 1.807) is 23.1 Å². The number of carbonyl (C=O) groups is 1. The monoisotopic (exact) mass is 372 g/mol. The highest BCUT2D eigenvalue weighted by molar-refractivity contribution is 8.00. The van der Waals surface area contributed by atoms with Crippen LogP contribution in [0.15, 0.2) is 50.5 Å². The lowest BCUT2D eigenvalue weighted by Gasteiger charge is -2.14. The molecule has 4 nitrogen and oxygen atoms in total. The summed E-state index contributed by atoms with van der Waals surface area (Å²) in [4.78, 5) is 17.2. The van der Waals surface area contributed by atoms with Gasteiger partial charge >= 0.3 is 0 Å². The molecule has 0 aliphatic rings. The quantitative estimate of drug-likeness (QED) is 0.609. The number of nitrogens with one attached hydrogen (secondary N) is 1. The van der Waals surface area contributed by atoms with Crippen LogP contribution in [0, 0.1) is 13.8 Å². The van der Waals surface area contributed by atoms with Gasteiger partial charge in [0.25, 0.3) is 5.91 Å². The smallest absolute Gasteiger partial charge is 0.252 e. The molecule has 0 spiro atoms. The van der Waals surface area contributed by atoms with E-state index in [-0.39, 0.29) is 11.9 Å². The molecule has 0 aliphatic heterocycles. The maximum atomic E-state index is 12.7. The third-order valence-corrected chi connectivity index (χ3v) is 5.93. The number of hydrogen-bond donors (Lipinski definition) is 1. The molecule has 0 aliphatic carbocycles. The van der Waals surface area contributed by atoms with Crippen LogP contribution in [0.3, 0.4) is 0 Å². The largest absolute Gasteiger partial charge is 0.464 e. The topological polar surface area (TPSA) is 55.1 Å². The minimum absolute atomic E-state index is 0.0897. The summed E-state index contributed by atoms with van der Waals surface area (Å²) in [5.41, 5.74) is 2.72. The van der Waals surface area contributed by atoms with E-state index in [0.717, 1.165) is 27.1 Å². The van der Waals surface area contributed by atoms with Crippen molar-refractivity contribution in [3.05, 3.63) is 70.1 Å². The summed E-state index contributed by atoms with van der Waals surface area (Å²) < 4.78 is 6.61. The lowest BCUT2D eigenvalue weighted by Crippen LogP contribution is -2.27. The normalized spacial score (nSPS) is 12.1. The van der Waals surface area contributed by atoms with E-state index in [9.17, 15) is 4.79 Å². The summed E-state index contributed by atoms with van der Waals surface area (Å²) in [5.74, 6) is 2.22. The first-order chi connectivity index (χ1) is 12.0. The molecule has 0 saturated heterocycles. The van der Waals surface area contributed by atoms with Crippen LogP contribution in [0.4, 0.5) is 0 Å². The van der Waals surface area contributed by atoms with Crippen molar-refractivity contribution in [3.63, 3.8) is 0 Å². The van der Waals surface area contributed by atoms with Crippen molar-refractivity contribution in [1.82, 2.24) is 10.3 Å². The molecule has 25 heavy (non-hydrogen) atoms. The van der Waals surface area contributed by atoms with E-state index >= 15 is 0 Å². The molecular weight excluding hydrogens is 352 g/mol. The first-order valence-corrected chi connectivity index (χ1v) is 9.89. The molecule has 1 aromatic carbocycles. The third-order valence-electron chi connectivity index (χ3n) is 3.75. The lowest BCUT2D eigenvalue weighted by atomic mass is 10.1. The SMILES string of the molecule is Cc1csc(SCc2ccccc2C(=O)NC(C)c2ccc(C)o2)n1. The van der Waals surface area contributed by atoms with Crippen LogP contribution in [-0.2, 0) is 5.75 Å². The fourth-order valence-electron chi connectivity index (χ4n) is 2.44. The molecule has 3 rings (SSSR count). The average Bonchev–Trinajstić information content (AvgIpc) is 3.21. The van der Waals surface area contributed by atoms with Crippen LogP contribution < -0.4 is 5.32 Å². The fourth-order valence-corrected chi connectivity index (χ4v) is 4.29. The molecule has 1 amide bonds. The standard InChI is InChI=1S/C19H20N2O2S2/c1-12-10-24-19(20-12)25-11-15-6-4-5-7-16(15)18(22)21-14(3)17-9-8-13(2)23-17/h4-10,14H,11H2,1-3H3,(H,21,22). The zero-order chi connectivity index (χ0) is 17.8. The maximum Gasteiger partial charge on any atom is 0.252 e. The predicted molar refractivity (Wildman–Crippen MR) is 102 cm³/mol. The number of aryl methyl sites for hydroxylation is 2. The van der Waals surface area contributed by atoms with Gasteiger partial charge in [-0.1, -0.05) is 30.0 Å². The van der Waals surface area contributed by atoms with Crippen molar-refractivity contribution >= 4 is 29.0 Å². The van der Waals surface area contributed by atoms with Crippen LogP contribution in [0.1, 0.15) is 46.1 Å². The molecule has 0 bridgehead atoms. The Bertz CT molecular complexity index is 870. The molecule has 0 radical (unpaired) electrons. The van der Waals surface area contributed by atoms with Gasteiger partial charge in [-0.15, -0.1) is 11.3 Å². The highest BCUT2D eigenvalue weighted by Gasteiger charge is 2.17. The second-order valence-corrected chi connectivity index (χ2v) is 7.92. The van der Waals surface area contributed by atoms with E-state index in [1.165, 1.54) is 0 Å². The van der Waals surface area contributed by atoms with Gasteiger partial charge in [0.15, 0.2) is 0 Å². The van der Waals surface area contributed by atoms with E-state index in [2.05, 4.69) is 10.3 Å². The Kier molecular flexibility index (Phi) is 5.60. The van der Waals surface area contributed by atoms with Gasteiger partial charge in [0.05, 0.1) is 6.04 Å². The molecule has 2 aromatic heterocycles. The van der Waals surface area contributed by atoms with Crippen LogP contribution in [0.25, 0.3) is 0 Å². The Morgan fingerprint density at radius 1 is 1.28 bits per heavy atom. The van der Waals surface area contributed by atoms with Gasteiger partial charge in [0.2, 0.25) is 0 Å². The van der Waals surface area contributed by atoms with Gasteiger partial charge in [-0.2, -0.15) is 0 Å². The Balaban J connectivity index is 1.69. The van der Waals surface area contributed by atoms with Crippen LogP contribution in [-0.4, -0.2) is 10.9 Å². The second-order valence-electron chi connectivity index (χ2n) is 5.84. The Morgan fingerprint density at radius 3 is 2.76 bits per heavy atom. The van der Waals surface area contributed by atoms with Gasteiger partial charge in [0, 0.05) is 22.4 Å². The fraction of sp³-hybridized carbons (Fsp3) is 0.263. The summed E-state index contributed by atoms with van der Waals surface area (Å²) in [6.07, 6.45) is 0. The van der Waals surface area contributed by atoms with Gasteiger partial charge in [-0.05, 0) is 44.5 Å². The molecule has 1 N–H and O–H groups in total. The van der Waals surface area contributed by atoms with Crippen molar-refractivity contribution in [2.24, 2.45) is 0 Å².